The summed E-state index contributed by atoms with van der Waals surface area (Å²) in [5.41, 5.74) is 2.49. The fourth-order valence-electron chi connectivity index (χ4n) is 2.17. The van der Waals surface area contributed by atoms with E-state index in [1.165, 1.54) is 4.85 Å². The maximum Gasteiger partial charge on any atom is 0.261 e. The first-order valence-corrected chi connectivity index (χ1v) is 7.02. The highest BCUT2D eigenvalue weighted by molar-refractivity contribution is 5.78. The third-order valence-electron chi connectivity index (χ3n) is 3.32. The SMILES string of the molecule is C[C@@H](NC(=O)COn1nnc2ccccc21)c1ccccc1. The van der Waals surface area contributed by atoms with Crippen molar-refractivity contribution in [3.05, 3.63) is 60.2 Å². The number of fused-ring (bicyclic) bond motifs is 1. The molecule has 22 heavy (non-hydrogen) atoms. The largest absolute Gasteiger partial charge is 0.385 e. The lowest BCUT2D eigenvalue weighted by Crippen LogP contribution is -2.33. The zero-order valence-corrected chi connectivity index (χ0v) is 12.1. The number of hydrogen-bond donors (Lipinski definition) is 1. The average Bonchev–Trinajstić information content (AvgIpc) is 2.97. The topological polar surface area (TPSA) is 69.0 Å². The summed E-state index contributed by atoms with van der Waals surface area (Å²) in [5.74, 6) is -0.212. The first-order valence-electron chi connectivity index (χ1n) is 7.02. The molecule has 0 aliphatic carbocycles. The molecule has 3 aromatic rings. The third kappa shape index (κ3) is 3.06. The van der Waals surface area contributed by atoms with E-state index < -0.39 is 0 Å². The molecular formula is C16H16N4O2. The Bertz CT molecular complexity index is 770. The highest BCUT2D eigenvalue weighted by Gasteiger charge is 2.11. The smallest absolute Gasteiger partial charge is 0.261 e. The van der Waals surface area contributed by atoms with E-state index >= 15 is 0 Å². The van der Waals surface area contributed by atoms with Crippen molar-refractivity contribution in [3.63, 3.8) is 0 Å². The molecule has 6 nitrogen and oxygen atoms in total. The normalized spacial score (nSPS) is 12.0. The number of rotatable bonds is 5. The third-order valence-corrected chi connectivity index (χ3v) is 3.32. The van der Waals surface area contributed by atoms with Gasteiger partial charge in [-0.15, -0.1) is 5.10 Å². The van der Waals surface area contributed by atoms with Gasteiger partial charge in [0.2, 0.25) is 0 Å². The first-order chi connectivity index (χ1) is 10.7. The van der Waals surface area contributed by atoms with E-state index in [1.54, 1.807) is 0 Å². The molecule has 1 N–H and O–H groups in total. The summed E-state index contributed by atoms with van der Waals surface area (Å²) in [7, 11) is 0. The number of carbonyl (C=O) groups is 1. The summed E-state index contributed by atoms with van der Waals surface area (Å²) in [5, 5.41) is 10.7. The van der Waals surface area contributed by atoms with Gasteiger partial charge >= 0.3 is 0 Å². The number of aromatic nitrogens is 3. The van der Waals surface area contributed by atoms with E-state index in [-0.39, 0.29) is 18.6 Å². The number of hydrogen-bond acceptors (Lipinski definition) is 4. The van der Waals surface area contributed by atoms with Gasteiger partial charge in [-0.25, -0.2) is 0 Å². The molecule has 6 heteroatoms. The predicted octanol–water partition coefficient (Wildman–Crippen LogP) is 1.74. The molecule has 1 amide bonds. The van der Waals surface area contributed by atoms with Crippen LogP contribution in [0.1, 0.15) is 18.5 Å². The van der Waals surface area contributed by atoms with Crippen molar-refractivity contribution in [3.8, 4) is 0 Å². The second-order valence-electron chi connectivity index (χ2n) is 4.92. The van der Waals surface area contributed by atoms with Gasteiger partial charge in [0.25, 0.3) is 5.91 Å². The Morgan fingerprint density at radius 3 is 2.73 bits per heavy atom. The van der Waals surface area contributed by atoms with Crippen LogP contribution < -0.4 is 10.2 Å². The monoisotopic (exact) mass is 296 g/mol. The van der Waals surface area contributed by atoms with Gasteiger partial charge in [-0.05, 0) is 29.8 Å². The molecule has 1 heterocycles. The Morgan fingerprint density at radius 1 is 1.18 bits per heavy atom. The van der Waals surface area contributed by atoms with Crippen LogP contribution in [0, 0.1) is 0 Å². The van der Waals surface area contributed by atoms with Crippen LogP contribution in [0.2, 0.25) is 0 Å². The van der Waals surface area contributed by atoms with Gasteiger partial charge in [0.05, 0.1) is 6.04 Å². The molecule has 112 valence electrons. The summed E-state index contributed by atoms with van der Waals surface area (Å²) in [6, 6.07) is 17.1. The number of carbonyl (C=O) groups excluding carboxylic acids is 1. The van der Waals surface area contributed by atoms with Crippen LogP contribution in [0.15, 0.2) is 54.6 Å². The Morgan fingerprint density at radius 2 is 1.91 bits per heavy atom. The maximum absolute atomic E-state index is 12.0. The summed E-state index contributed by atoms with van der Waals surface area (Å²) in [6.07, 6.45) is 0. The van der Waals surface area contributed by atoms with Gasteiger partial charge in [0, 0.05) is 0 Å². The molecule has 1 atom stereocenters. The van der Waals surface area contributed by atoms with Crippen molar-refractivity contribution in [2.24, 2.45) is 0 Å². The standard InChI is InChI=1S/C16H16N4O2/c1-12(13-7-3-2-4-8-13)17-16(21)11-22-20-15-10-6-5-9-14(15)18-19-20/h2-10,12H,11H2,1H3,(H,17,21)/t12-/m1/s1. The lowest BCUT2D eigenvalue weighted by atomic mass is 10.1. The zero-order chi connectivity index (χ0) is 15.4. The van der Waals surface area contributed by atoms with E-state index in [2.05, 4.69) is 15.6 Å². The molecule has 3 rings (SSSR count). The summed E-state index contributed by atoms with van der Waals surface area (Å²) in [4.78, 5) is 18.6. The zero-order valence-electron chi connectivity index (χ0n) is 12.1. The van der Waals surface area contributed by atoms with E-state index in [9.17, 15) is 4.79 Å². The number of nitrogens with zero attached hydrogens (tertiary/aromatic N) is 3. The molecule has 0 unspecified atom stereocenters. The molecule has 0 aliphatic heterocycles. The summed E-state index contributed by atoms with van der Waals surface area (Å²) >= 11 is 0. The van der Waals surface area contributed by atoms with Gasteiger partial charge in [0.15, 0.2) is 6.61 Å². The Labute approximate surface area is 127 Å². The van der Waals surface area contributed by atoms with Crippen LogP contribution >= 0.6 is 0 Å². The van der Waals surface area contributed by atoms with E-state index in [1.807, 2.05) is 61.5 Å². The second kappa shape index (κ2) is 6.26. The fourth-order valence-corrected chi connectivity index (χ4v) is 2.17. The molecule has 0 saturated heterocycles. The van der Waals surface area contributed by atoms with Gasteiger partial charge in [-0.2, -0.15) is 0 Å². The van der Waals surface area contributed by atoms with Gasteiger partial charge < -0.3 is 10.2 Å². The Kier molecular flexibility index (Phi) is 4.00. The van der Waals surface area contributed by atoms with E-state index in [0.717, 1.165) is 16.6 Å². The van der Waals surface area contributed by atoms with Crippen molar-refractivity contribution in [2.45, 2.75) is 13.0 Å². The predicted molar refractivity (Wildman–Crippen MR) is 82.0 cm³/mol. The fraction of sp³-hybridized carbons (Fsp3) is 0.188. The minimum Gasteiger partial charge on any atom is -0.385 e. The van der Waals surface area contributed by atoms with Crippen molar-refractivity contribution in [1.82, 2.24) is 20.5 Å². The average molecular weight is 296 g/mol. The Balaban J connectivity index is 1.58. The van der Waals surface area contributed by atoms with Crippen LogP contribution in [0.3, 0.4) is 0 Å². The number of amides is 1. The van der Waals surface area contributed by atoms with Crippen molar-refractivity contribution >= 4 is 16.9 Å². The molecule has 0 radical (unpaired) electrons. The van der Waals surface area contributed by atoms with E-state index in [4.69, 9.17) is 4.84 Å². The van der Waals surface area contributed by atoms with Crippen molar-refractivity contribution < 1.29 is 9.63 Å². The molecule has 0 saturated carbocycles. The molecular weight excluding hydrogens is 280 g/mol. The van der Waals surface area contributed by atoms with E-state index in [0.29, 0.717) is 0 Å². The quantitative estimate of drug-likeness (QED) is 0.778. The van der Waals surface area contributed by atoms with Crippen LogP contribution in [0.25, 0.3) is 11.0 Å². The highest BCUT2D eigenvalue weighted by atomic mass is 16.7. The van der Waals surface area contributed by atoms with Gasteiger partial charge in [0.1, 0.15) is 11.0 Å². The number of benzene rings is 2. The first kappa shape index (κ1) is 14.1. The van der Waals surface area contributed by atoms with Crippen LogP contribution in [0.4, 0.5) is 0 Å². The molecule has 0 bridgehead atoms. The molecule has 0 fully saturated rings. The molecule has 0 aliphatic rings. The lowest BCUT2D eigenvalue weighted by Gasteiger charge is -2.14. The van der Waals surface area contributed by atoms with Crippen molar-refractivity contribution in [1.29, 1.82) is 0 Å². The summed E-state index contributed by atoms with van der Waals surface area (Å²) in [6.45, 7) is 1.81. The number of nitrogens with one attached hydrogen (secondary N) is 1. The highest BCUT2D eigenvalue weighted by Crippen LogP contribution is 2.11. The Hall–Kier alpha value is -2.89. The second-order valence-corrected chi connectivity index (χ2v) is 4.92. The molecule has 1 aromatic heterocycles. The maximum atomic E-state index is 12.0. The molecule has 0 spiro atoms. The lowest BCUT2D eigenvalue weighted by molar-refractivity contribution is -0.127. The van der Waals surface area contributed by atoms with Crippen molar-refractivity contribution in [2.75, 3.05) is 6.61 Å². The number of para-hydroxylation sites is 1. The van der Waals surface area contributed by atoms with Gasteiger partial charge in [-0.3, -0.25) is 4.79 Å². The minimum atomic E-state index is -0.212. The molecule has 2 aromatic carbocycles. The van der Waals surface area contributed by atoms with Crippen LogP contribution in [-0.4, -0.2) is 27.7 Å². The van der Waals surface area contributed by atoms with Crippen LogP contribution in [0.5, 0.6) is 0 Å². The van der Waals surface area contributed by atoms with Gasteiger partial charge in [-0.1, -0.05) is 47.3 Å². The van der Waals surface area contributed by atoms with Crippen LogP contribution in [-0.2, 0) is 4.79 Å². The minimum absolute atomic E-state index is 0.0789. The summed E-state index contributed by atoms with van der Waals surface area (Å²) < 4.78 is 0.